The molecule has 2 aromatic rings. The summed E-state index contributed by atoms with van der Waals surface area (Å²) >= 11 is 5.97. The van der Waals surface area contributed by atoms with Gasteiger partial charge in [-0.15, -0.1) is 0 Å². The minimum atomic E-state index is -3.75. The number of hydrogen-bond donors (Lipinski definition) is 0. The van der Waals surface area contributed by atoms with Crippen molar-refractivity contribution in [1.82, 2.24) is 0 Å². The average Bonchev–Trinajstić information content (AvgIpc) is 2.62. The van der Waals surface area contributed by atoms with Gasteiger partial charge in [-0.05, 0) is 44.2 Å². The highest BCUT2D eigenvalue weighted by molar-refractivity contribution is 7.92. The first-order valence-corrected chi connectivity index (χ1v) is 10.3. The first-order chi connectivity index (χ1) is 12.3. The highest BCUT2D eigenvalue weighted by atomic mass is 35.5. The normalized spacial score (nSPS) is 12.5. The number of benzene rings is 2. The third-order valence-corrected chi connectivity index (χ3v) is 6.36. The molecule has 0 aromatic heterocycles. The van der Waals surface area contributed by atoms with Crippen LogP contribution in [0.4, 0.5) is 5.69 Å². The minimum Gasteiger partial charge on any atom is -0.496 e. The van der Waals surface area contributed by atoms with Gasteiger partial charge in [0.1, 0.15) is 11.0 Å². The van der Waals surface area contributed by atoms with Gasteiger partial charge in [-0.25, -0.2) is 8.42 Å². The van der Waals surface area contributed by atoms with Gasteiger partial charge in [-0.1, -0.05) is 29.8 Å². The van der Waals surface area contributed by atoms with Crippen LogP contribution in [-0.4, -0.2) is 33.2 Å². The third-order valence-electron chi connectivity index (χ3n) is 4.14. The van der Waals surface area contributed by atoms with Crippen LogP contribution >= 0.6 is 11.6 Å². The average molecular weight is 396 g/mol. The molecule has 1 amide bonds. The zero-order chi connectivity index (χ0) is 19.3. The molecule has 2 rings (SSSR count). The molecule has 0 radical (unpaired) electrons. The second-order valence-electron chi connectivity index (χ2n) is 5.82. The van der Waals surface area contributed by atoms with E-state index >= 15 is 0 Å². The number of carbonyl (C=O) groups is 1. The van der Waals surface area contributed by atoms with Gasteiger partial charge in [0.2, 0.25) is 5.91 Å². The lowest BCUT2D eigenvalue weighted by Crippen LogP contribution is -2.42. The van der Waals surface area contributed by atoms with Crippen LogP contribution in [0.5, 0.6) is 5.75 Å². The summed E-state index contributed by atoms with van der Waals surface area (Å²) in [7, 11) is -2.29. The number of ether oxygens (including phenoxy) is 1. The monoisotopic (exact) mass is 395 g/mol. The van der Waals surface area contributed by atoms with Crippen LogP contribution in [0, 0.1) is 0 Å². The van der Waals surface area contributed by atoms with E-state index in [4.69, 9.17) is 16.3 Å². The summed E-state index contributed by atoms with van der Waals surface area (Å²) in [4.78, 5) is 14.3. The molecule has 140 valence electrons. The zero-order valence-electron chi connectivity index (χ0n) is 15.0. The fourth-order valence-electron chi connectivity index (χ4n) is 2.65. The summed E-state index contributed by atoms with van der Waals surface area (Å²) in [5.41, 5.74) is 1.10. The molecule has 0 N–H and O–H groups in total. The van der Waals surface area contributed by atoms with Crippen molar-refractivity contribution in [2.75, 3.05) is 18.6 Å². The fourth-order valence-corrected chi connectivity index (χ4v) is 4.19. The van der Waals surface area contributed by atoms with Crippen molar-refractivity contribution >= 4 is 33.0 Å². The van der Waals surface area contributed by atoms with Crippen LogP contribution < -0.4 is 9.64 Å². The number of carbonyl (C=O) groups excluding carboxylic acids is 1. The molecule has 26 heavy (non-hydrogen) atoms. The van der Waals surface area contributed by atoms with Crippen LogP contribution in [0.15, 0.2) is 48.5 Å². The van der Waals surface area contributed by atoms with Crippen molar-refractivity contribution in [1.29, 1.82) is 0 Å². The Balaban J connectivity index is 2.28. The zero-order valence-corrected chi connectivity index (χ0v) is 16.5. The fraction of sp³-hybridized carbons (Fsp3) is 0.316. The molecular weight excluding hydrogens is 374 g/mol. The van der Waals surface area contributed by atoms with E-state index in [1.807, 2.05) is 13.0 Å². The Labute approximate surface area is 159 Å². The van der Waals surface area contributed by atoms with E-state index in [1.54, 1.807) is 42.5 Å². The SMILES string of the molecule is CCN(C(=O)[C@@H](C)S(=O)(=O)Cc1cc(Cl)ccc1OC)c1ccccc1. The second kappa shape index (κ2) is 8.56. The van der Waals surface area contributed by atoms with Gasteiger partial charge in [-0.2, -0.15) is 0 Å². The van der Waals surface area contributed by atoms with Gasteiger partial charge < -0.3 is 9.64 Å². The standard InChI is InChI=1S/C19H22ClNO4S/c1-4-21(17-8-6-5-7-9-17)19(22)14(2)26(23,24)13-15-12-16(20)10-11-18(15)25-3/h5-12,14H,4,13H2,1-3H3/t14-/m1/s1. The van der Waals surface area contributed by atoms with E-state index in [-0.39, 0.29) is 5.75 Å². The summed E-state index contributed by atoms with van der Waals surface area (Å²) in [6.45, 7) is 3.60. The quantitative estimate of drug-likeness (QED) is 0.717. The van der Waals surface area contributed by atoms with Crippen molar-refractivity contribution in [3.05, 3.63) is 59.1 Å². The molecule has 0 aliphatic heterocycles. The van der Waals surface area contributed by atoms with E-state index in [2.05, 4.69) is 0 Å². The molecular formula is C19H22ClNO4S. The summed E-state index contributed by atoms with van der Waals surface area (Å²) in [6, 6.07) is 13.8. The molecule has 0 fully saturated rings. The Kier molecular flexibility index (Phi) is 6.67. The molecule has 7 heteroatoms. The lowest BCUT2D eigenvalue weighted by atomic mass is 10.2. The second-order valence-corrected chi connectivity index (χ2v) is 8.58. The van der Waals surface area contributed by atoms with Crippen LogP contribution in [0.3, 0.4) is 0 Å². The van der Waals surface area contributed by atoms with E-state index in [1.165, 1.54) is 18.9 Å². The molecule has 5 nitrogen and oxygen atoms in total. The van der Waals surface area contributed by atoms with Gasteiger partial charge in [0, 0.05) is 22.8 Å². The predicted molar refractivity (Wildman–Crippen MR) is 105 cm³/mol. The number of amides is 1. The molecule has 0 spiro atoms. The van der Waals surface area contributed by atoms with Gasteiger partial charge in [0.15, 0.2) is 9.84 Å². The highest BCUT2D eigenvalue weighted by Gasteiger charge is 2.32. The van der Waals surface area contributed by atoms with E-state index in [0.717, 1.165) is 0 Å². The smallest absolute Gasteiger partial charge is 0.245 e. The number of para-hydroxylation sites is 1. The number of anilines is 1. The maximum absolute atomic E-state index is 12.8. The van der Waals surface area contributed by atoms with Gasteiger partial charge in [-0.3, -0.25) is 4.79 Å². The third kappa shape index (κ3) is 4.56. The van der Waals surface area contributed by atoms with Gasteiger partial charge in [0.05, 0.1) is 12.9 Å². The molecule has 0 aliphatic rings. The summed E-state index contributed by atoms with van der Waals surface area (Å²) < 4.78 is 30.9. The van der Waals surface area contributed by atoms with E-state index in [0.29, 0.717) is 28.6 Å². The predicted octanol–water partition coefficient (Wildman–Crippen LogP) is 3.71. The molecule has 0 saturated carbocycles. The number of sulfone groups is 1. The Hall–Kier alpha value is -2.05. The Morgan fingerprint density at radius 1 is 1.19 bits per heavy atom. The number of methoxy groups -OCH3 is 1. The molecule has 0 aliphatic carbocycles. The van der Waals surface area contributed by atoms with Gasteiger partial charge >= 0.3 is 0 Å². The first kappa shape index (κ1) is 20.3. The number of rotatable bonds is 7. The largest absolute Gasteiger partial charge is 0.496 e. The molecule has 0 bridgehead atoms. The summed E-state index contributed by atoms with van der Waals surface area (Å²) in [5.74, 6) is -0.358. The maximum atomic E-state index is 12.8. The summed E-state index contributed by atoms with van der Waals surface area (Å²) in [6.07, 6.45) is 0. The highest BCUT2D eigenvalue weighted by Crippen LogP contribution is 2.26. The topological polar surface area (TPSA) is 63.7 Å². The van der Waals surface area contributed by atoms with Crippen molar-refractivity contribution in [2.24, 2.45) is 0 Å². The maximum Gasteiger partial charge on any atom is 0.245 e. The molecule has 0 unspecified atom stereocenters. The van der Waals surface area contributed by atoms with E-state index in [9.17, 15) is 13.2 Å². The van der Waals surface area contributed by atoms with Crippen LogP contribution in [-0.2, 0) is 20.4 Å². The number of nitrogens with zero attached hydrogens (tertiary/aromatic N) is 1. The Morgan fingerprint density at radius 2 is 1.85 bits per heavy atom. The van der Waals surface area contributed by atoms with Crippen molar-refractivity contribution < 1.29 is 17.9 Å². The first-order valence-electron chi connectivity index (χ1n) is 8.20. The Bertz CT molecular complexity index is 868. The van der Waals surface area contributed by atoms with E-state index < -0.39 is 21.0 Å². The van der Waals surface area contributed by atoms with Crippen LogP contribution in [0.2, 0.25) is 5.02 Å². The van der Waals surface area contributed by atoms with Crippen LogP contribution in [0.25, 0.3) is 0 Å². The summed E-state index contributed by atoms with van der Waals surface area (Å²) in [5, 5.41) is -0.777. The van der Waals surface area contributed by atoms with Crippen molar-refractivity contribution in [3.8, 4) is 5.75 Å². The lowest BCUT2D eigenvalue weighted by molar-refractivity contribution is -0.117. The number of halogens is 1. The van der Waals surface area contributed by atoms with Crippen molar-refractivity contribution in [2.45, 2.75) is 24.9 Å². The number of hydrogen-bond acceptors (Lipinski definition) is 4. The molecule has 0 heterocycles. The van der Waals surface area contributed by atoms with Crippen LogP contribution in [0.1, 0.15) is 19.4 Å². The molecule has 2 aromatic carbocycles. The lowest BCUT2D eigenvalue weighted by Gasteiger charge is -2.24. The van der Waals surface area contributed by atoms with Crippen molar-refractivity contribution in [3.63, 3.8) is 0 Å². The van der Waals surface area contributed by atoms with Gasteiger partial charge in [0.25, 0.3) is 0 Å². The minimum absolute atomic E-state index is 0.323. The molecule has 1 atom stereocenters. The molecule has 0 saturated heterocycles. The Morgan fingerprint density at radius 3 is 2.42 bits per heavy atom.